The number of thioether (sulfide) groups is 1. The summed E-state index contributed by atoms with van der Waals surface area (Å²) in [7, 11) is 3.32. The first-order chi connectivity index (χ1) is 21.6. The Morgan fingerprint density at radius 2 is 1.27 bits per heavy atom. The fraction of sp³-hybridized carbons (Fsp3) is 0.333. The van der Waals surface area contributed by atoms with Crippen molar-refractivity contribution < 1.29 is 33.2 Å². The van der Waals surface area contributed by atoms with E-state index >= 15 is 0 Å². The molecule has 6 rings (SSSR count). The van der Waals surface area contributed by atoms with E-state index < -0.39 is 24.6 Å². The highest BCUT2D eigenvalue weighted by Crippen LogP contribution is 2.41. The Kier molecular flexibility index (Phi) is 10.2. The molecule has 0 saturated carbocycles. The number of fused-ring (bicyclic) bond motifs is 1. The Hall–Kier alpha value is -3.37. The van der Waals surface area contributed by atoms with E-state index in [2.05, 4.69) is 31.2 Å². The van der Waals surface area contributed by atoms with Gasteiger partial charge >= 0.3 is 0 Å². The first-order valence-electron chi connectivity index (χ1n) is 14.8. The maximum atomic E-state index is 6.76. The van der Waals surface area contributed by atoms with Gasteiger partial charge in [-0.25, -0.2) is 0 Å². The van der Waals surface area contributed by atoms with Gasteiger partial charge in [-0.2, -0.15) is 0 Å². The van der Waals surface area contributed by atoms with Gasteiger partial charge in [0, 0.05) is 10.5 Å². The molecule has 8 heteroatoms. The van der Waals surface area contributed by atoms with Gasteiger partial charge in [-0.15, -0.1) is 0 Å². The van der Waals surface area contributed by atoms with E-state index in [4.69, 9.17) is 33.2 Å². The lowest BCUT2D eigenvalue weighted by atomic mass is 9.98. The topological polar surface area (TPSA) is 64.6 Å². The lowest BCUT2D eigenvalue weighted by Gasteiger charge is -2.49. The molecular weight excluding hydrogens is 576 g/mol. The van der Waals surface area contributed by atoms with Gasteiger partial charge in [0.15, 0.2) is 6.29 Å². The smallest absolute Gasteiger partial charge is 0.184 e. The summed E-state index contributed by atoms with van der Waals surface area (Å²) in [6.45, 7) is 3.21. The zero-order valence-corrected chi connectivity index (χ0v) is 26.0. The van der Waals surface area contributed by atoms with E-state index in [1.165, 1.54) is 5.56 Å². The number of hydrogen-bond acceptors (Lipinski definition) is 8. The summed E-state index contributed by atoms with van der Waals surface area (Å²) in [5, 5.41) is 0. The van der Waals surface area contributed by atoms with Crippen molar-refractivity contribution in [2.75, 3.05) is 20.8 Å². The van der Waals surface area contributed by atoms with Gasteiger partial charge in [-0.3, -0.25) is 0 Å². The van der Waals surface area contributed by atoms with Gasteiger partial charge < -0.3 is 33.2 Å². The number of aryl methyl sites for hydroxylation is 1. The molecule has 4 aromatic carbocycles. The average molecular weight is 615 g/mol. The molecular formula is C36H38O7S. The predicted octanol–water partition coefficient (Wildman–Crippen LogP) is 7.11. The predicted molar refractivity (Wildman–Crippen MR) is 169 cm³/mol. The first kappa shape index (κ1) is 30.6. The van der Waals surface area contributed by atoms with Crippen LogP contribution < -0.4 is 9.47 Å². The Bertz CT molecular complexity index is 1450. The van der Waals surface area contributed by atoms with Crippen LogP contribution in [0.25, 0.3) is 0 Å². The van der Waals surface area contributed by atoms with Crippen LogP contribution in [0.2, 0.25) is 0 Å². The van der Waals surface area contributed by atoms with Crippen LogP contribution in [0.3, 0.4) is 0 Å². The molecule has 0 N–H and O–H groups in total. The minimum Gasteiger partial charge on any atom is -0.497 e. The molecule has 2 heterocycles. The Balaban J connectivity index is 1.30. The largest absolute Gasteiger partial charge is 0.497 e. The van der Waals surface area contributed by atoms with Gasteiger partial charge in [-0.05, 0) is 54.4 Å². The van der Waals surface area contributed by atoms with Crippen LogP contribution in [-0.4, -0.2) is 50.7 Å². The van der Waals surface area contributed by atoms with Crippen molar-refractivity contribution in [1.82, 2.24) is 0 Å². The lowest BCUT2D eigenvalue weighted by Crippen LogP contribution is -2.62. The second-order valence-electron chi connectivity index (χ2n) is 10.9. The van der Waals surface area contributed by atoms with E-state index in [1.807, 2.05) is 78.9 Å². The number of ether oxygens (including phenoxy) is 7. The van der Waals surface area contributed by atoms with Crippen molar-refractivity contribution in [2.45, 2.75) is 61.2 Å². The molecule has 2 fully saturated rings. The summed E-state index contributed by atoms with van der Waals surface area (Å²) >= 11 is 1.63. The van der Waals surface area contributed by atoms with Crippen molar-refractivity contribution in [3.63, 3.8) is 0 Å². The molecule has 7 nitrogen and oxygen atoms in total. The zero-order chi connectivity index (χ0) is 30.3. The second kappa shape index (κ2) is 14.6. The molecule has 0 aromatic heterocycles. The SMILES string of the molecule is COc1ccc(CO[C@H]2[C@@H]3OC(c4ccccc4)OC[C@@H]3O[C@@H](Sc3ccc(C)cc3)[C@H]2OCc2ccc(OC)cc2)cc1. The molecule has 2 aliphatic rings. The molecule has 44 heavy (non-hydrogen) atoms. The minimum absolute atomic E-state index is 0.334. The van der Waals surface area contributed by atoms with Gasteiger partial charge in [0.2, 0.25) is 0 Å². The van der Waals surface area contributed by atoms with E-state index in [1.54, 1.807) is 26.0 Å². The van der Waals surface area contributed by atoms with Crippen molar-refractivity contribution >= 4 is 11.8 Å². The number of rotatable bonds is 11. The summed E-state index contributed by atoms with van der Waals surface area (Å²) in [6.07, 6.45) is -2.16. The number of methoxy groups -OCH3 is 2. The van der Waals surface area contributed by atoms with Crippen molar-refractivity contribution in [2.24, 2.45) is 0 Å². The monoisotopic (exact) mass is 614 g/mol. The molecule has 0 radical (unpaired) electrons. The summed E-state index contributed by atoms with van der Waals surface area (Å²) in [5.74, 6) is 1.60. The summed E-state index contributed by atoms with van der Waals surface area (Å²) in [4.78, 5) is 1.09. The van der Waals surface area contributed by atoms with E-state index in [-0.39, 0.29) is 11.5 Å². The van der Waals surface area contributed by atoms with Crippen LogP contribution in [0.5, 0.6) is 11.5 Å². The van der Waals surface area contributed by atoms with Gasteiger partial charge in [-0.1, -0.05) is 84.1 Å². The number of hydrogen-bond donors (Lipinski definition) is 0. The highest BCUT2D eigenvalue weighted by atomic mass is 32.2. The van der Waals surface area contributed by atoms with Crippen LogP contribution in [-0.2, 0) is 36.9 Å². The normalized spacial score (nSPS) is 24.8. The summed E-state index contributed by atoms with van der Waals surface area (Å²) in [6, 6.07) is 34.2. The van der Waals surface area contributed by atoms with Gasteiger partial charge in [0.05, 0.1) is 34.0 Å². The lowest BCUT2D eigenvalue weighted by molar-refractivity contribution is -0.329. The van der Waals surface area contributed by atoms with Crippen LogP contribution >= 0.6 is 11.8 Å². The van der Waals surface area contributed by atoms with Crippen molar-refractivity contribution in [3.05, 3.63) is 125 Å². The average Bonchev–Trinajstić information content (AvgIpc) is 3.08. The van der Waals surface area contributed by atoms with Gasteiger partial charge in [0.25, 0.3) is 0 Å². The standard InChI is InChI=1S/C36H38O7S/c1-24-9-19-30(20-10-24)44-36-34(40-22-26-13-17-29(38-3)18-14-26)33(39-21-25-11-15-28(37-2)16-12-25)32-31(42-36)23-41-35(43-32)27-7-5-4-6-8-27/h4-20,31-36H,21-23H2,1-3H3/t31-,32+,33-,34-,35?,36-/m0/s1. The molecule has 0 aliphatic carbocycles. The Morgan fingerprint density at radius 1 is 0.682 bits per heavy atom. The third-order valence-corrected chi connectivity index (χ3v) is 8.99. The van der Waals surface area contributed by atoms with Crippen LogP contribution in [0.1, 0.15) is 28.5 Å². The fourth-order valence-electron chi connectivity index (χ4n) is 5.37. The quantitative estimate of drug-likeness (QED) is 0.177. The van der Waals surface area contributed by atoms with Gasteiger partial charge in [0.1, 0.15) is 41.4 Å². The molecule has 1 unspecified atom stereocenters. The molecule has 0 amide bonds. The summed E-state index contributed by atoms with van der Waals surface area (Å²) in [5.41, 5.74) is 3.84. The fourth-order valence-corrected chi connectivity index (χ4v) is 6.49. The third-order valence-electron chi connectivity index (χ3n) is 7.83. The van der Waals surface area contributed by atoms with Crippen LogP contribution in [0, 0.1) is 6.92 Å². The molecule has 0 bridgehead atoms. The maximum Gasteiger partial charge on any atom is 0.184 e. The first-order valence-corrected chi connectivity index (χ1v) is 15.7. The molecule has 6 atom stereocenters. The maximum absolute atomic E-state index is 6.76. The summed E-state index contributed by atoms with van der Waals surface area (Å²) < 4.78 is 43.7. The molecule has 0 spiro atoms. The van der Waals surface area contributed by atoms with Crippen LogP contribution in [0.15, 0.2) is 108 Å². The molecule has 2 saturated heterocycles. The Morgan fingerprint density at radius 3 is 1.86 bits per heavy atom. The van der Waals surface area contributed by atoms with Crippen LogP contribution in [0.4, 0.5) is 0 Å². The molecule has 230 valence electrons. The van der Waals surface area contributed by atoms with E-state index in [0.29, 0.717) is 19.8 Å². The van der Waals surface area contributed by atoms with E-state index in [9.17, 15) is 0 Å². The number of benzene rings is 4. The zero-order valence-electron chi connectivity index (χ0n) is 25.2. The van der Waals surface area contributed by atoms with Crippen molar-refractivity contribution in [1.29, 1.82) is 0 Å². The minimum atomic E-state index is -0.531. The molecule has 4 aromatic rings. The van der Waals surface area contributed by atoms with Crippen molar-refractivity contribution in [3.8, 4) is 11.5 Å². The highest BCUT2D eigenvalue weighted by Gasteiger charge is 2.51. The highest BCUT2D eigenvalue weighted by molar-refractivity contribution is 7.99. The Labute approximate surface area is 263 Å². The van der Waals surface area contributed by atoms with E-state index in [0.717, 1.165) is 33.1 Å². The second-order valence-corrected chi connectivity index (χ2v) is 12.1. The molecule has 2 aliphatic heterocycles. The third kappa shape index (κ3) is 7.46.